The molecule has 2 rings (SSSR count). The molecule has 1 heterocycles. The van der Waals surface area contributed by atoms with Gasteiger partial charge < -0.3 is 10.1 Å². The molecule has 0 radical (unpaired) electrons. The van der Waals surface area contributed by atoms with Crippen LogP contribution < -0.4 is 10.1 Å². The number of hydrogen-bond donors (Lipinski definition) is 1. The van der Waals surface area contributed by atoms with Crippen LogP contribution in [0, 0.1) is 0 Å². The summed E-state index contributed by atoms with van der Waals surface area (Å²) in [6.45, 7) is 5.56. The maximum Gasteiger partial charge on any atom is 0.127 e. The van der Waals surface area contributed by atoms with Crippen LogP contribution in [0.3, 0.4) is 0 Å². The van der Waals surface area contributed by atoms with E-state index in [9.17, 15) is 0 Å². The number of benzene rings is 1. The zero-order chi connectivity index (χ0) is 12.3. The molecule has 1 fully saturated rings. The second kappa shape index (κ2) is 5.54. The molecule has 1 aliphatic heterocycles. The highest BCUT2D eigenvalue weighted by Crippen LogP contribution is 2.36. The van der Waals surface area contributed by atoms with Crippen molar-refractivity contribution in [3.8, 4) is 5.75 Å². The third-order valence-electron chi connectivity index (χ3n) is 3.59. The van der Waals surface area contributed by atoms with Crippen molar-refractivity contribution < 1.29 is 4.74 Å². The minimum Gasteiger partial charge on any atom is -0.496 e. The van der Waals surface area contributed by atoms with E-state index in [1.807, 2.05) is 0 Å². The van der Waals surface area contributed by atoms with Gasteiger partial charge >= 0.3 is 0 Å². The lowest BCUT2D eigenvalue weighted by atomic mass is 9.92. The van der Waals surface area contributed by atoms with Gasteiger partial charge in [0, 0.05) is 11.6 Å². The molecule has 1 aromatic rings. The molecule has 17 heavy (non-hydrogen) atoms. The first kappa shape index (κ1) is 12.4. The van der Waals surface area contributed by atoms with E-state index in [-0.39, 0.29) is 0 Å². The molecule has 1 aliphatic rings. The molecule has 2 heteroatoms. The van der Waals surface area contributed by atoms with Crippen molar-refractivity contribution in [2.75, 3.05) is 13.7 Å². The van der Waals surface area contributed by atoms with E-state index in [0.717, 1.165) is 12.3 Å². The zero-order valence-electron chi connectivity index (χ0n) is 11.1. The topological polar surface area (TPSA) is 21.3 Å². The number of piperidine rings is 1. The Kier molecular flexibility index (Phi) is 4.06. The second-order valence-electron chi connectivity index (χ2n) is 5.13. The van der Waals surface area contributed by atoms with Gasteiger partial charge in [0.05, 0.1) is 7.11 Å². The molecule has 2 nitrogen and oxygen atoms in total. The standard InChI is InChI=1S/C15H23NO/c1-11(2)12-7-6-8-13(15(12)17-3)14-9-4-5-10-16-14/h6-8,11,14,16H,4-5,9-10H2,1-3H3. The quantitative estimate of drug-likeness (QED) is 0.860. The van der Waals surface area contributed by atoms with Crippen molar-refractivity contribution in [1.29, 1.82) is 0 Å². The Morgan fingerprint density at radius 2 is 2.12 bits per heavy atom. The highest BCUT2D eigenvalue weighted by molar-refractivity contribution is 5.45. The Balaban J connectivity index is 2.35. The summed E-state index contributed by atoms with van der Waals surface area (Å²) in [4.78, 5) is 0. The predicted molar refractivity (Wildman–Crippen MR) is 71.7 cm³/mol. The summed E-state index contributed by atoms with van der Waals surface area (Å²) >= 11 is 0. The number of methoxy groups -OCH3 is 1. The molecule has 0 amide bonds. The highest BCUT2D eigenvalue weighted by Gasteiger charge is 2.20. The average Bonchev–Trinajstić information content (AvgIpc) is 2.38. The first-order valence-electron chi connectivity index (χ1n) is 6.64. The molecule has 1 saturated heterocycles. The fourth-order valence-electron chi connectivity index (χ4n) is 2.66. The second-order valence-corrected chi connectivity index (χ2v) is 5.13. The van der Waals surface area contributed by atoms with Crippen molar-refractivity contribution in [3.63, 3.8) is 0 Å². The fourth-order valence-corrected chi connectivity index (χ4v) is 2.66. The van der Waals surface area contributed by atoms with E-state index in [1.165, 1.54) is 30.4 Å². The van der Waals surface area contributed by atoms with Gasteiger partial charge in [-0.2, -0.15) is 0 Å². The summed E-state index contributed by atoms with van der Waals surface area (Å²) < 4.78 is 5.65. The average molecular weight is 233 g/mol. The van der Waals surface area contributed by atoms with Gasteiger partial charge in [-0.25, -0.2) is 0 Å². The van der Waals surface area contributed by atoms with Crippen LogP contribution in [-0.2, 0) is 0 Å². The largest absolute Gasteiger partial charge is 0.496 e. The molecular formula is C15H23NO. The highest BCUT2D eigenvalue weighted by atomic mass is 16.5. The third-order valence-corrected chi connectivity index (χ3v) is 3.59. The van der Waals surface area contributed by atoms with Crippen LogP contribution in [0.4, 0.5) is 0 Å². The maximum atomic E-state index is 5.65. The van der Waals surface area contributed by atoms with Crippen LogP contribution in [-0.4, -0.2) is 13.7 Å². The van der Waals surface area contributed by atoms with Crippen LogP contribution in [0.5, 0.6) is 5.75 Å². The summed E-state index contributed by atoms with van der Waals surface area (Å²) in [5.74, 6) is 1.59. The molecule has 0 aliphatic carbocycles. The summed E-state index contributed by atoms with van der Waals surface area (Å²) in [6, 6.07) is 7.00. The molecule has 1 aromatic carbocycles. The van der Waals surface area contributed by atoms with Crippen molar-refractivity contribution in [3.05, 3.63) is 29.3 Å². The molecule has 1 unspecified atom stereocenters. The minimum atomic E-state index is 0.470. The monoisotopic (exact) mass is 233 g/mol. The Bertz CT molecular complexity index is 367. The maximum absolute atomic E-state index is 5.65. The van der Waals surface area contributed by atoms with E-state index >= 15 is 0 Å². The van der Waals surface area contributed by atoms with Crippen LogP contribution in [0.15, 0.2) is 18.2 Å². The molecule has 0 aromatic heterocycles. The molecule has 94 valence electrons. The van der Waals surface area contributed by atoms with Gasteiger partial charge in [0.2, 0.25) is 0 Å². The van der Waals surface area contributed by atoms with E-state index < -0.39 is 0 Å². The lowest BCUT2D eigenvalue weighted by Crippen LogP contribution is -2.27. The normalized spacial score (nSPS) is 20.6. The first-order valence-corrected chi connectivity index (χ1v) is 6.64. The predicted octanol–water partition coefficient (Wildman–Crippen LogP) is 3.63. The lowest BCUT2D eigenvalue weighted by molar-refractivity contribution is 0.369. The van der Waals surface area contributed by atoms with Gasteiger partial charge in [0.15, 0.2) is 0 Å². The van der Waals surface area contributed by atoms with Gasteiger partial charge in [-0.05, 0) is 30.9 Å². The number of rotatable bonds is 3. The SMILES string of the molecule is COc1c(C(C)C)cccc1C1CCCCN1. The lowest BCUT2D eigenvalue weighted by Gasteiger charge is -2.27. The fraction of sp³-hybridized carbons (Fsp3) is 0.600. The van der Waals surface area contributed by atoms with Crippen molar-refractivity contribution in [2.24, 2.45) is 0 Å². The summed E-state index contributed by atoms with van der Waals surface area (Å²) in [6.07, 6.45) is 3.83. The summed E-state index contributed by atoms with van der Waals surface area (Å²) in [7, 11) is 1.79. The molecular weight excluding hydrogens is 210 g/mol. The van der Waals surface area contributed by atoms with Crippen molar-refractivity contribution in [1.82, 2.24) is 5.32 Å². The van der Waals surface area contributed by atoms with Gasteiger partial charge in [-0.15, -0.1) is 0 Å². The van der Waals surface area contributed by atoms with Crippen LogP contribution in [0.25, 0.3) is 0 Å². The van der Waals surface area contributed by atoms with Gasteiger partial charge in [-0.1, -0.05) is 38.5 Å². The number of ether oxygens (including phenoxy) is 1. The molecule has 0 spiro atoms. The molecule has 1 atom stereocenters. The van der Waals surface area contributed by atoms with Crippen molar-refractivity contribution in [2.45, 2.75) is 45.1 Å². The van der Waals surface area contributed by atoms with Crippen molar-refractivity contribution >= 4 is 0 Å². The van der Waals surface area contributed by atoms with Gasteiger partial charge in [0.25, 0.3) is 0 Å². The Morgan fingerprint density at radius 1 is 1.29 bits per heavy atom. The number of hydrogen-bond acceptors (Lipinski definition) is 2. The van der Waals surface area contributed by atoms with E-state index in [1.54, 1.807) is 7.11 Å². The van der Waals surface area contributed by atoms with Crippen LogP contribution in [0.2, 0.25) is 0 Å². The minimum absolute atomic E-state index is 0.470. The Morgan fingerprint density at radius 3 is 2.71 bits per heavy atom. The Labute approximate surface area is 104 Å². The molecule has 0 saturated carbocycles. The van der Waals surface area contributed by atoms with Gasteiger partial charge in [0.1, 0.15) is 5.75 Å². The summed E-state index contributed by atoms with van der Waals surface area (Å²) in [5, 5.41) is 3.60. The molecule has 1 N–H and O–H groups in total. The number of nitrogens with one attached hydrogen (secondary N) is 1. The Hall–Kier alpha value is -1.02. The van der Waals surface area contributed by atoms with Gasteiger partial charge in [-0.3, -0.25) is 0 Å². The summed E-state index contributed by atoms with van der Waals surface area (Å²) in [5.41, 5.74) is 2.65. The van der Waals surface area contributed by atoms with E-state index in [0.29, 0.717) is 12.0 Å². The first-order chi connectivity index (χ1) is 8.24. The van der Waals surface area contributed by atoms with E-state index in [4.69, 9.17) is 4.74 Å². The number of para-hydroxylation sites is 1. The zero-order valence-corrected chi connectivity index (χ0v) is 11.1. The molecule has 0 bridgehead atoms. The van der Waals surface area contributed by atoms with Crippen LogP contribution in [0.1, 0.15) is 56.2 Å². The smallest absolute Gasteiger partial charge is 0.127 e. The third kappa shape index (κ3) is 2.63. The van der Waals surface area contributed by atoms with E-state index in [2.05, 4.69) is 37.4 Å². The van der Waals surface area contributed by atoms with Crippen LogP contribution >= 0.6 is 0 Å².